The lowest BCUT2D eigenvalue weighted by atomic mass is 10.0. The van der Waals surface area contributed by atoms with Crippen molar-refractivity contribution in [2.24, 2.45) is 0 Å². The van der Waals surface area contributed by atoms with E-state index in [1.807, 2.05) is 11.8 Å². The Balaban J connectivity index is 2.00. The molecule has 1 aromatic carbocycles. The molecular formula is C16H23NOS. The molecule has 0 radical (unpaired) electrons. The number of rotatable bonds is 3. The minimum absolute atomic E-state index is 0.215. The van der Waals surface area contributed by atoms with Crippen molar-refractivity contribution in [3.63, 3.8) is 0 Å². The maximum absolute atomic E-state index is 11.6. The van der Waals surface area contributed by atoms with Crippen LogP contribution in [0, 0.1) is 20.8 Å². The van der Waals surface area contributed by atoms with Crippen LogP contribution in [0.15, 0.2) is 12.1 Å². The van der Waals surface area contributed by atoms with Crippen molar-refractivity contribution in [3.05, 3.63) is 34.4 Å². The molecule has 2 rings (SSSR count). The summed E-state index contributed by atoms with van der Waals surface area (Å²) < 4.78 is 0. The van der Waals surface area contributed by atoms with Gasteiger partial charge in [0.25, 0.3) is 0 Å². The van der Waals surface area contributed by atoms with E-state index in [9.17, 15) is 4.79 Å². The van der Waals surface area contributed by atoms with Crippen molar-refractivity contribution in [1.82, 2.24) is 5.32 Å². The van der Waals surface area contributed by atoms with Crippen molar-refractivity contribution in [1.29, 1.82) is 0 Å². The van der Waals surface area contributed by atoms with E-state index in [0.717, 1.165) is 25.1 Å². The number of amides is 1. The Morgan fingerprint density at radius 1 is 1.26 bits per heavy atom. The van der Waals surface area contributed by atoms with Gasteiger partial charge in [-0.05, 0) is 50.3 Å². The number of benzene rings is 1. The minimum atomic E-state index is 0.215. The highest BCUT2D eigenvalue weighted by Gasteiger charge is 2.18. The first kappa shape index (κ1) is 14.4. The second-order valence-corrected chi connectivity index (χ2v) is 6.80. The van der Waals surface area contributed by atoms with E-state index in [2.05, 4.69) is 38.2 Å². The van der Waals surface area contributed by atoms with Crippen molar-refractivity contribution in [2.45, 2.75) is 51.0 Å². The number of hydrogen-bond acceptors (Lipinski definition) is 2. The van der Waals surface area contributed by atoms with Gasteiger partial charge in [0.2, 0.25) is 5.91 Å². The van der Waals surface area contributed by atoms with Crippen LogP contribution in [0.2, 0.25) is 0 Å². The molecule has 1 aliphatic heterocycles. The molecule has 1 saturated heterocycles. The predicted octanol–water partition coefficient (Wildman–Crippen LogP) is 3.51. The monoisotopic (exact) mass is 277 g/mol. The van der Waals surface area contributed by atoms with Crippen LogP contribution < -0.4 is 5.32 Å². The molecule has 1 unspecified atom stereocenters. The molecule has 2 nitrogen and oxygen atoms in total. The summed E-state index contributed by atoms with van der Waals surface area (Å²) in [4.78, 5) is 11.6. The van der Waals surface area contributed by atoms with Crippen LogP contribution in [0.1, 0.15) is 41.5 Å². The van der Waals surface area contributed by atoms with Gasteiger partial charge >= 0.3 is 0 Å². The summed E-state index contributed by atoms with van der Waals surface area (Å²) in [6.45, 7) is 7.37. The molecule has 1 fully saturated rings. The summed E-state index contributed by atoms with van der Waals surface area (Å²) in [6.07, 6.45) is 2.93. The van der Waals surface area contributed by atoms with Crippen LogP contribution in [-0.2, 0) is 10.5 Å². The van der Waals surface area contributed by atoms with Gasteiger partial charge in [-0.15, -0.1) is 0 Å². The summed E-state index contributed by atoms with van der Waals surface area (Å²) in [7, 11) is 0. The van der Waals surface area contributed by atoms with Gasteiger partial charge in [0.1, 0.15) is 0 Å². The smallest absolute Gasteiger partial charge is 0.221 e. The molecule has 1 aliphatic rings. The van der Waals surface area contributed by atoms with Crippen molar-refractivity contribution >= 4 is 17.7 Å². The Labute approximate surface area is 120 Å². The van der Waals surface area contributed by atoms with Crippen molar-refractivity contribution in [3.8, 4) is 0 Å². The third-order valence-electron chi connectivity index (χ3n) is 3.74. The number of nitrogens with one attached hydrogen (secondary N) is 1. The van der Waals surface area contributed by atoms with Crippen molar-refractivity contribution < 1.29 is 4.79 Å². The van der Waals surface area contributed by atoms with Gasteiger partial charge in [-0.25, -0.2) is 0 Å². The Morgan fingerprint density at radius 2 is 1.95 bits per heavy atom. The van der Waals surface area contributed by atoms with Gasteiger partial charge in [0.05, 0.1) is 0 Å². The highest BCUT2D eigenvalue weighted by Crippen LogP contribution is 2.28. The lowest BCUT2D eigenvalue weighted by Gasteiger charge is -2.15. The summed E-state index contributed by atoms with van der Waals surface area (Å²) in [6, 6.07) is 4.51. The molecule has 0 bridgehead atoms. The molecule has 1 heterocycles. The Kier molecular flexibility index (Phi) is 4.92. The lowest BCUT2D eigenvalue weighted by Crippen LogP contribution is -2.22. The van der Waals surface area contributed by atoms with Crippen molar-refractivity contribution in [2.75, 3.05) is 6.54 Å². The SMILES string of the molecule is Cc1cc(C)c(CSC2CCCNC(=O)C2)c(C)c1. The number of hydrogen-bond donors (Lipinski definition) is 1. The second kappa shape index (κ2) is 6.47. The number of thioether (sulfide) groups is 1. The Hall–Kier alpha value is -0.960. The van der Waals surface area contributed by atoms with Crippen LogP contribution in [0.5, 0.6) is 0 Å². The van der Waals surface area contributed by atoms with Gasteiger partial charge in [-0.2, -0.15) is 11.8 Å². The minimum Gasteiger partial charge on any atom is -0.356 e. The topological polar surface area (TPSA) is 29.1 Å². The summed E-state index contributed by atoms with van der Waals surface area (Å²) in [5.74, 6) is 1.24. The predicted molar refractivity (Wildman–Crippen MR) is 82.6 cm³/mol. The normalized spacial score (nSPS) is 19.9. The largest absolute Gasteiger partial charge is 0.356 e. The summed E-state index contributed by atoms with van der Waals surface area (Å²) in [5, 5.41) is 3.43. The van der Waals surface area contributed by atoms with E-state index < -0.39 is 0 Å². The average Bonchev–Trinajstić information content (AvgIpc) is 2.52. The molecule has 0 aromatic heterocycles. The van der Waals surface area contributed by atoms with Crippen LogP contribution in [0.4, 0.5) is 0 Å². The molecule has 3 heteroatoms. The van der Waals surface area contributed by atoms with Crippen LogP contribution >= 0.6 is 11.8 Å². The number of carbonyl (C=O) groups is 1. The number of carbonyl (C=O) groups excluding carboxylic acids is 1. The summed E-state index contributed by atoms with van der Waals surface area (Å²) >= 11 is 1.94. The molecule has 0 spiro atoms. The maximum Gasteiger partial charge on any atom is 0.221 e. The first-order valence-corrected chi connectivity index (χ1v) is 8.06. The highest BCUT2D eigenvalue weighted by molar-refractivity contribution is 7.99. The van der Waals surface area contributed by atoms with Gasteiger partial charge in [0.15, 0.2) is 0 Å². The van der Waals surface area contributed by atoms with E-state index >= 15 is 0 Å². The van der Waals surface area contributed by atoms with Crippen LogP contribution in [0.3, 0.4) is 0 Å². The fourth-order valence-corrected chi connectivity index (χ4v) is 4.18. The molecule has 1 atom stereocenters. The first-order chi connectivity index (χ1) is 9.06. The molecule has 19 heavy (non-hydrogen) atoms. The highest BCUT2D eigenvalue weighted by atomic mass is 32.2. The standard InChI is InChI=1S/C16H23NOS/c1-11-7-12(2)15(13(3)8-11)10-19-14-5-4-6-17-16(18)9-14/h7-8,14H,4-6,9-10H2,1-3H3,(H,17,18). The molecule has 0 aliphatic carbocycles. The molecule has 1 amide bonds. The van der Waals surface area contributed by atoms with E-state index in [0.29, 0.717) is 11.7 Å². The molecule has 1 aromatic rings. The van der Waals surface area contributed by atoms with E-state index in [4.69, 9.17) is 0 Å². The zero-order chi connectivity index (χ0) is 13.8. The van der Waals surface area contributed by atoms with Crippen LogP contribution in [-0.4, -0.2) is 17.7 Å². The van der Waals surface area contributed by atoms with Gasteiger partial charge < -0.3 is 5.32 Å². The maximum atomic E-state index is 11.6. The molecule has 0 saturated carbocycles. The van der Waals surface area contributed by atoms with E-state index in [1.54, 1.807) is 0 Å². The van der Waals surface area contributed by atoms with Gasteiger partial charge in [0, 0.05) is 24.0 Å². The third kappa shape index (κ3) is 4.00. The van der Waals surface area contributed by atoms with E-state index in [-0.39, 0.29) is 5.91 Å². The van der Waals surface area contributed by atoms with Gasteiger partial charge in [-0.1, -0.05) is 17.7 Å². The lowest BCUT2D eigenvalue weighted by molar-refractivity contribution is -0.120. The first-order valence-electron chi connectivity index (χ1n) is 7.01. The Bertz CT molecular complexity index is 447. The molecule has 104 valence electrons. The third-order valence-corrected chi connectivity index (χ3v) is 5.07. The summed E-state index contributed by atoms with van der Waals surface area (Å²) in [5.41, 5.74) is 5.53. The quantitative estimate of drug-likeness (QED) is 0.916. The van der Waals surface area contributed by atoms with E-state index in [1.165, 1.54) is 22.3 Å². The Morgan fingerprint density at radius 3 is 2.63 bits per heavy atom. The fraction of sp³-hybridized carbons (Fsp3) is 0.562. The second-order valence-electron chi connectivity index (χ2n) is 5.51. The average molecular weight is 277 g/mol. The fourth-order valence-electron chi connectivity index (χ4n) is 2.72. The number of aryl methyl sites for hydroxylation is 3. The van der Waals surface area contributed by atoms with Crippen LogP contribution in [0.25, 0.3) is 0 Å². The zero-order valence-corrected chi connectivity index (χ0v) is 12.9. The zero-order valence-electron chi connectivity index (χ0n) is 12.1. The molecule has 1 N–H and O–H groups in total. The molecular weight excluding hydrogens is 254 g/mol. The van der Waals surface area contributed by atoms with Gasteiger partial charge in [-0.3, -0.25) is 4.79 Å².